The van der Waals surface area contributed by atoms with Gasteiger partial charge in [0.1, 0.15) is 0 Å². The van der Waals surface area contributed by atoms with Crippen molar-refractivity contribution in [3.8, 4) is 62.4 Å². The quantitative estimate of drug-likeness (QED) is 0.160. The second kappa shape index (κ2) is 15.6. The Kier molecular flexibility index (Phi) is 8.79. The van der Waals surface area contributed by atoms with Crippen molar-refractivity contribution in [2.75, 3.05) is 0 Å². The number of para-hydroxylation sites is 6. The SMILES string of the molecule is c1ccc(-c2cccc(-c3nc(-c4ccc(-n5c6ccccc6c6ccccc65)cc4)nc(-c4cc(-n5c6ccccc6c6ccccc65)cc(-n5c6ccccc6c6ccccc65)c4)n3)c2)cc1. The van der Waals surface area contributed by atoms with Gasteiger partial charge in [0.05, 0.1) is 33.1 Å². The van der Waals surface area contributed by atoms with Gasteiger partial charge in [0.15, 0.2) is 17.5 Å². The number of rotatable bonds is 7. The molecule has 0 bridgehead atoms. The summed E-state index contributed by atoms with van der Waals surface area (Å²) in [7, 11) is 0. The van der Waals surface area contributed by atoms with E-state index in [0.717, 1.165) is 78.0 Å². The van der Waals surface area contributed by atoms with Crippen LogP contribution in [0.15, 0.2) is 243 Å². The van der Waals surface area contributed by atoms with Gasteiger partial charge in [0, 0.05) is 66.1 Å². The average molecular weight is 881 g/mol. The van der Waals surface area contributed by atoms with Crippen molar-refractivity contribution in [2.24, 2.45) is 0 Å². The van der Waals surface area contributed by atoms with Gasteiger partial charge in [-0.2, -0.15) is 0 Å². The summed E-state index contributed by atoms with van der Waals surface area (Å²) in [5.41, 5.74) is 14.8. The van der Waals surface area contributed by atoms with Crippen molar-refractivity contribution >= 4 is 65.4 Å². The van der Waals surface area contributed by atoms with Gasteiger partial charge in [-0.15, -0.1) is 0 Å². The third kappa shape index (κ3) is 6.30. The molecule has 0 radical (unpaired) electrons. The predicted molar refractivity (Wildman–Crippen MR) is 285 cm³/mol. The van der Waals surface area contributed by atoms with E-state index in [1.807, 2.05) is 6.07 Å². The lowest BCUT2D eigenvalue weighted by atomic mass is 10.0. The third-order valence-corrected chi connectivity index (χ3v) is 13.7. The molecule has 69 heavy (non-hydrogen) atoms. The van der Waals surface area contributed by atoms with Crippen LogP contribution in [0.4, 0.5) is 0 Å². The molecule has 0 aliphatic rings. The van der Waals surface area contributed by atoms with E-state index in [-0.39, 0.29) is 0 Å². The lowest BCUT2D eigenvalue weighted by molar-refractivity contribution is 1.07. The molecule has 10 aromatic carbocycles. The second-order valence-electron chi connectivity index (χ2n) is 17.6. The van der Waals surface area contributed by atoms with Gasteiger partial charge in [-0.1, -0.05) is 158 Å². The fourth-order valence-electron chi connectivity index (χ4n) is 10.6. The Balaban J connectivity index is 1.01. The van der Waals surface area contributed by atoms with Crippen LogP contribution in [0.25, 0.3) is 128 Å². The molecule has 4 aromatic heterocycles. The highest BCUT2D eigenvalue weighted by Gasteiger charge is 2.20. The first-order chi connectivity index (χ1) is 34.2. The van der Waals surface area contributed by atoms with Gasteiger partial charge >= 0.3 is 0 Å². The topological polar surface area (TPSA) is 53.5 Å². The Morgan fingerprint density at radius 2 is 0.536 bits per heavy atom. The van der Waals surface area contributed by atoms with E-state index >= 15 is 0 Å². The normalized spacial score (nSPS) is 11.8. The van der Waals surface area contributed by atoms with Crippen LogP contribution >= 0.6 is 0 Å². The van der Waals surface area contributed by atoms with Crippen molar-refractivity contribution in [1.29, 1.82) is 0 Å². The Morgan fingerprint density at radius 1 is 0.203 bits per heavy atom. The molecule has 0 saturated carbocycles. The Bertz CT molecular complexity index is 4020. The molecule has 0 aliphatic carbocycles. The van der Waals surface area contributed by atoms with Gasteiger partial charge in [0.2, 0.25) is 0 Å². The first kappa shape index (κ1) is 38.8. The first-order valence-corrected chi connectivity index (χ1v) is 23.4. The van der Waals surface area contributed by atoms with Crippen LogP contribution in [0, 0.1) is 0 Å². The number of nitrogens with zero attached hydrogens (tertiary/aromatic N) is 6. The molecule has 14 rings (SSSR count). The van der Waals surface area contributed by atoms with E-state index in [1.165, 1.54) is 32.3 Å². The van der Waals surface area contributed by atoms with Crippen molar-refractivity contribution in [3.05, 3.63) is 243 Å². The first-order valence-electron chi connectivity index (χ1n) is 23.4. The molecule has 0 amide bonds. The standard InChI is InChI=1S/C63H40N6/c1-2-17-41(18-3-1)43-19-16-20-44(37-43)62-64-61(42-33-35-46(36-34-42)67-55-27-10-4-21-49(55)50-22-5-11-28-56(50)67)65-63(66-62)45-38-47(68-57-29-12-6-23-51(57)52-24-7-13-30-58(52)68)40-48(39-45)69-59-31-14-8-25-53(59)54-26-9-15-32-60(54)69/h1-40H. The number of aromatic nitrogens is 6. The molecule has 0 fully saturated rings. The summed E-state index contributed by atoms with van der Waals surface area (Å²) in [6.45, 7) is 0. The zero-order chi connectivity index (χ0) is 45.4. The van der Waals surface area contributed by atoms with Crippen molar-refractivity contribution < 1.29 is 0 Å². The molecule has 0 aliphatic heterocycles. The van der Waals surface area contributed by atoms with E-state index in [2.05, 4.69) is 250 Å². The zero-order valence-electron chi connectivity index (χ0n) is 37.3. The molecule has 322 valence electrons. The van der Waals surface area contributed by atoms with Gasteiger partial charge in [-0.05, 0) is 96.1 Å². The molecule has 14 aromatic rings. The largest absolute Gasteiger partial charge is 0.309 e. The van der Waals surface area contributed by atoms with Gasteiger partial charge in [-0.3, -0.25) is 0 Å². The Labute approximate surface area is 397 Å². The van der Waals surface area contributed by atoms with E-state index in [0.29, 0.717) is 17.5 Å². The monoisotopic (exact) mass is 880 g/mol. The number of fused-ring (bicyclic) bond motifs is 9. The molecule has 0 unspecified atom stereocenters. The van der Waals surface area contributed by atoms with E-state index in [4.69, 9.17) is 15.0 Å². The number of hydrogen-bond acceptors (Lipinski definition) is 3. The maximum atomic E-state index is 5.42. The van der Waals surface area contributed by atoms with Gasteiger partial charge in [-0.25, -0.2) is 15.0 Å². The predicted octanol–water partition coefficient (Wildman–Crippen LogP) is 15.8. The van der Waals surface area contributed by atoms with Crippen LogP contribution in [0.2, 0.25) is 0 Å². The molecule has 0 saturated heterocycles. The summed E-state index contributed by atoms with van der Waals surface area (Å²) >= 11 is 0. The summed E-state index contributed by atoms with van der Waals surface area (Å²) in [6.07, 6.45) is 0. The minimum Gasteiger partial charge on any atom is -0.309 e. The van der Waals surface area contributed by atoms with Crippen LogP contribution < -0.4 is 0 Å². The molecule has 0 atom stereocenters. The lowest BCUT2D eigenvalue weighted by Gasteiger charge is -2.16. The van der Waals surface area contributed by atoms with Crippen LogP contribution in [-0.2, 0) is 0 Å². The van der Waals surface area contributed by atoms with Crippen LogP contribution in [-0.4, -0.2) is 28.7 Å². The Hall–Kier alpha value is -9.39. The average Bonchev–Trinajstić information content (AvgIpc) is 4.07. The van der Waals surface area contributed by atoms with Crippen LogP contribution in [0.5, 0.6) is 0 Å². The molecule has 0 N–H and O–H groups in total. The molecule has 6 nitrogen and oxygen atoms in total. The minimum atomic E-state index is 0.580. The summed E-state index contributed by atoms with van der Waals surface area (Å²) in [5, 5.41) is 7.25. The Morgan fingerprint density at radius 3 is 0.971 bits per heavy atom. The number of hydrogen-bond donors (Lipinski definition) is 0. The molecular weight excluding hydrogens is 841 g/mol. The molecular formula is C63H40N6. The summed E-state index contributed by atoms with van der Waals surface area (Å²) < 4.78 is 7.10. The summed E-state index contributed by atoms with van der Waals surface area (Å²) in [5.74, 6) is 1.77. The van der Waals surface area contributed by atoms with Crippen molar-refractivity contribution in [3.63, 3.8) is 0 Å². The summed E-state index contributed by atoms with van der Waals surface area (Å²) in [4.78, 5) is 16.1. The molecule has 6 heteroatoms. The molecule has 0 spiro atoms. The zero-order valence-corrected chi connectivity index (χ0v) is 37.3. The van der Waals surface area contributed by atoms with Gasteiger partial charge < -0.3 is 13.7 Å². The van der Waals surface area contributed by atoms with E-state index < -0.39 is 0 Å². The lowest BCUT2D eigenvalue weighted by Crippen LogP contribution is -2.03. The molecule has 4 heterocycles. The van der Waals surface area contributed by atoms with E-state index in [1.54, 1.807) is 0 Å². The highest BCUT2D eigenvalue weighted by atomic mass is 15.1. The third-order valence-electron chi connectivity index (χ3n) is 13.7. The number of benzene rings is 10. The highest BCUT2D eigenvalue weighted by Crippen LogP contribution is 2.39. The van der Waals surface area contributed by atoms with E-state index in [9.17, 15) is 0 Å². The maximum absolute atomic E-state index is 5.42. The maximum Gasteiger partial charge on any atom is 0.164 e. The van der Waals surface area contributed by atoms with Crippen LogP contribution in [0.1, 0.15) is 0 Å². The fraction of sp³-hybridized carbons (Fsp3) is 0. The second-order valence-corrected chi connectivity index (χ2v) is 17.6. The minimum absolute atomic E-state index is 0.580. The van der Waals surface area contributed by atoms with Crippen LogP contribution in [0.3, 0.4) is 0 Å². The highest BCUT2D eigenvalue weighted by molar-refractivity contribution is 6.11. The fourth-order valence-corrected chi connectivity index (χ4v) is 10.6. The van der Waals surface area contributed by atoms with Crippen molar-refractivity contribution in [2.45, 2.75) is 0 Å². The smallest absolute Gasteiger partial charge is 0.164 e. The van der Waals surface area contributed by atoms with Gasteiger partial charge in [0.25, 0.3) is 0 Å². The summed E-state index contributed by atoms with van der Waals surface area (Å²) in [6, 6.07) is 86.3. The van der Waals surface area contributed by atoms with Crippen molar-refractivity contribution in [1.82, 2.24) is 28.7 Å².